The van der Waals surface area contributed by atoms with Crippen molar-refractivity contribution in [3.63, 3.8) is 0 Å². The van der Waals surface area contributed by atoms with Crippen molar-refractivity contribution < 1.29 is 17.9 Å². The first-order valence-electron chi connectivity index (χ1n) is 7.63. The van der Waals surface area contributed by atoms with E-state index in [1.54, 1.807) is 12.1 Å². The average Bonchev–Trinajstić information content (AvgIpc) is 2.54. The van der Waals surface area contributed by atoms with Gasteiger partial charge >= 0.3 is 0 Å². The van der Waals surface area contributed by atoms with Gasteiger partial charge in [-0.25, -0.2) is 8.42 Å². The molecule has 0 N–H and O–H groups in total. The van der Waals surface area contributed by atoms with Crippen LogP contribution in [0.4, 0.5) is 0 Å². The fourth-order valence-electron chi connectivity index (χ4n) is 2.12. The maximum atomic E-state index is 12.0. The van der Waals surface area contributed by atoms with E-state index in [4.69, 9.17) is 9.47 Å². The highest BCUT2D eigenvalue weighted by molar-refractivity contribution is 7.90. The summed E-state index contributed by atoms with van der Waals surface area (Å²) in [6.07, 6.45) is 0. The molecule has 0 amide bonds. The van der Waals surface area contributed by atoms with Gasteiger partial charge in [0.1, 0.15) is 12.4 Å². The number of sulfone groups is 1. The number of benzene rings is 2. The molecule has 2 aromatic rings. The Bertz CT molecular complexity index is 696. The van der Waals surface area contributed by atoms with Crippen LogP contribution in [0.25, 0.3) is 0 Å². The van der Waals surface area contributed by atoms with Gasteiger partial charge in [0, 0.05) is 6.61 Å². The van der Waals surface area contributed by atoms with Gasteiger partial charge in [-0.3, -0.25) is 0 Å². The largest absolute Gasteiger partial charge is 0.489 e. The first kappa shape index (κ1) is 17.5. The number of hydrogen-bond acceptors (Lipinski definition) is 4. The van der Waals surface area contributed by atoms with Crippen LogP contribution in [-0.2, 0) is 26.9 Å². The smallest absolute Gasteiger partial charge is 0.156 e. The van der Waals surface area contributed by atoms with Gasteiger partial charge in [0.25, 0.3) is 0 Å². The highest BCUT2D eigenvalue weighted by atomic mass is 32.2. The lowest BCUT2D eigenvalue weighted by Crippen LogP contribution is -2.14. The van der Waals surface area contributed by atoms with E-state index >= 15 is 0 Å². The summed E-state index contributed by atoms with van der Waals surface area (Å²) in [5.74, 6) is 0.713. The van der Waals surface area contributed by atoms with E-state index in [1.165, 1.54) is 0 Å². The Kier molecular flexibility index (Phi) is 6.62. The van der Waals surface area contributed by atoms with Gasteiger partial charge in [-0.05, 0) is 30.2 Å². The molecule has 23 heavy (non-hydrogen) atoms. The molecular weight excluding hydrogens is 312 g/mol. The van der Waals surface area contributed by atoms with Crippen LogP contribution in [-0.4, -0.2) is 27.4 Å². The molecule has 0 heterocycles. The summed E-state index contributed by atoms with van der Waals surface area (Å²) < 4.78 is 34.9. The SMILES string of the molecule is CCOCCS(=O)(=O)Cc1cccc(OCc2ccccc2)c1. The first-order valence-corrected chi connectivity index (χ1v) is 9.45. The molecule has 0 aliphatic carbocycles. The fourth-order valence-corrected chi connectivity index (χ4v) is 3.33. The summed E-state index contributed by atoms with van der Waals surface area (Å²) in [4.78, 5) is 0. The van der Waals surface area contributed by atoms with Crippen LogP contribution < -0.4 is 4.74 Å². The standard InChI is InChI=1S/C18H22O4S/c1-2-21-11-12-23(19,20)15-17-9-6-10-18(13-17)22-14-16-7-4-3-5-8-16/h3-10,13H,2,11-12,14-15H2,1H3. The Hall–Kier alpha value is -1.85. The van der Waals surface area contributed by atoms with Crippen LogP contribution in [0.3, 0.4) is 0 Å². The van der Waals surface area contributed by atoms with E-state index in [9.17, 15) is 8.42 Å². The molecule has 0 aliphatic heterocycles. The average molecular weight is 334 g/mol. The van der Waals surface area contributed by atoms with Crippen molar-refractivity contribution in [3.05, 3.63) is 65.7 Å². The molecule has 0 radical (unpaired) electrons. The van der Waals surface area contributed by atoms with E-state index in [1.807, 2.05) is 49.4 Å². The van der Waals surface area contributed by atoms with Gasteiger partial charge in [-0.15, -0.1) is 0 Å². The summed E-state index contributed by atoms with van der Waals surface area (Å²) in [6.45, 7) is 3.07. The van der Waals surface area contributed by atoms with Crippen LogP contribution in [0.15, 0.2) is 54.6 Å². The van der Waals surface area contributed by atoms with Crippen molar-refractivity contribution in [1.29, 1.82) is 0 Å². The highest BCUT2D eigenvalue weighted by Gasteiger charge is 2.12. The van der Waals surface area contributed by atoms with Gasteiger partial charge in [-0.1, -0.05) is 42.5 Å². The molecule has 4 nitrogen and oxygen atoms in total. The van der Waals surface area contributed by atoms with E-state index in [-0.39, 0.29) is 18.1 Å². The topological polar surface area (TPSA) is 52.6 Å². The third-order valence-corrected chi connectivity index (χ3v) is 4.84. The minimum absolute atomic E-state index is 0.00259. The van der Waals surface area contributed by atoms with Gasteiger partial charge < -0.3 is 9.47 Å². The maximum Gasteiger partial charge on any atom is 0.156 e. The fraction of sp³-hybridized carbons (Fsp3) is 0.333. The molecule has 0 spiro atoms. The van der Waals surface area contributed by atoms with Gasteiger partial charge in [0.15, 0.2) is 9.84 Å². The third-order valence-electron chi connectivity index (χ3n) is 3.28. The lowest BCUT2D eigenvalue weighted by molar-refractivity contribution is 0.163. The lowest BCUT2D eigenvalue weighted by atomic mass is 10.2. The summed E-state index contributed by atoms with van der Waals surface area (Å²) >= 11 is 0. The molecule has 5 heteroatoms. The summed E-state index contributed by atoms with van der Waals surface area (Å²) in [6, 6.07) is 17.1. The second kappa shape index (κ2) is 8.70. The molecule has 0 aromatic heterocycles. The predicted octanol–water partition coefficient (Wildman–Crippen LogP) is 3.22. The summed E-state index contributed by atoms with van der Waals surface area (Å²) in [5.41, 5.74) is 1.80. The van der Waals surface area contributed by atoms with Crippen LogP contribution >= 0.6 is 0 Å². The van der Waals surface area contributed by atoms with Gasteiger partial charge in [0.05, 0.1) is 18.1 Å². The molecule has 0 aliphatic rings. The second-order valence-corrected chi connectivity index (χ2v) is 7.39. The minimum atomic E-state index is -3.17. The van der Waals surface area contributed by atoms with Gasteiger partial charge in [0.2, 0.25) is 0 Å². The quantitative estimate of drug-likeness (QED) is 0.661. The number of ether oxygens (including phenoxy) is 2. The zero-order valence-corrected chi connectivity index (χ0v) is 14.1. The summed E-state index contributed by atoms with van der Waals surface area (Å²) in [7, 11) is -3.17. The third kappa shape index (κ3) is 6.42. The zero-order chi connectivity index (χ0) is 16.5. The van der Waals surface area contributed by atoms with Crippen molar-refractivity contribution in [2.24, 2.45) is 0 Å². The van der Waals surface area contributed by atoms with Crippen molar-refractivity contribution in [1.82, 2.24) is 0 Å². The molecule has 2 rings (SSSR count). The molecule has 0 unspecified atom stereocenters. The van der Waals surface area contributed by atoms with Gasteiger partial charge in [-0.2, -0.15) is 0 Å². The second-order valence-electron chi connectivity index (χ2n) is 5.21. The molecule has 0 bridgehead atoms. The molecule has 0 atom stereocenters. The minimum Gasteiger partial charge on any atom is -0.489 e. The van der Waals surface area contributed by atoms with Crippen molar-refractivity contribution in [2.45, 2.75) is 19.3 Å². The summed E-state index contributed by atoms with van der Waals surface area (Å²) in [5, 5.41) is 0. The zero-order valence-electron chi connectivity index (χ0n) is 13.3. The monoisotopic (exact) mass is 334 g/mol. The first-order chi connectivity index (χ1) is 11.1. The van der Waals surface area contributed by atoms with E-state index in [0.29, 0.717) is 19.0 Å². The normalized spacial score (nSPS) is 11.3. The predicted molar refractivity (Wildman–Crippen MR) is 91.2 cm³/mol. The van der Waals surface area contributed by atoms with Crippen LogP contribution in [0.1, 0.15) is 18.1 Å². The Morgan fingerprint density at radius 3 is 2.43 bits per heavy atom. The van der Waals surface area contributed by atoms with E-state index in [2.05, 4.69) is 0 Å². The molecule has 124 valence electrons. The molecule has 2 aromatic carbocycles. The Balaban J connectivity index is 1.94. The van der Waals surface area contributed by atoms with Crippen LogP contribution in [0, 0.1) is 0 Å². The molecule has 0 saturated heterocycles. The Morgan fingerprint density at radius 1 is 0.957 bits per heavy atom. The highest BCUT2D eigenvalue weighted by Crippen LogP contribution is 2.17. The molecule has 0 saturated carbocycles. The van der Waals surface area contributed by atoms with Crippen molar-refractivity contribution >= 4 is 9.84 Å². The maximum absolute atomic E-state index is 12.0. The van der Waals surface area contributed by atoms with Crippen LogP contribution in [0.5, 0.6) is 5.75 Å². The van der Waals surface area contributed by atoms with E-state index in [0.717, 1.165) is 11.1 Å². The van der Waals surface area contributed by atoms with Crippen LogP contribution in [0.2, 0.25) is 0 Å². The van der Waals surface area contributed by atoms with E-state index < -0.39 is 9.84 Å². The van der Waals surface area contributed by atoms with Crippen molar-refractivity contribution in [3.8, 4) is 5.75 Å². The number of rotatable bonds is 9. The Morgan fingerprint density at radius 2 is 1.70 bits per heavy atom. The number of hydrogen-bond donors (Lipinski definition) is 0. The Labute approximate surface area is 138 Å². The van der Waals surface area contributed by atoms with Crippen molar-refractivity contribution in [2.75, 3.05) is 19.0 Å². The molecule has 0 fully saturated rings. The molecular formula is C18H22O4S. The lowest BCUT2D eigenvalue weighted by Gasteiger charge is -2.09.